The fourth-order valence-electron chi connectivity index (χ4n) is 2.18. The molecule has 1 aromatic carbocycles. The molecular formula is C13H10ClF3N2O3S2. The summed E-state index contributed by atoms with van der Waals surface area (Å²) < 4.78 is 69.9. The molecule has 24 heavy (non-hydrogen) atoms. The molecule has 2 aliphatic rings. The lowest BCUT2D eigenvalue weighted by molar-refractivity contribution is -0.0838. The molecule has 5 nitrogen and oxygen atoms in total. The van der Waals surface area contributed by atoms with Gasteiger partial charge in [0.1, 0.15) is 15.6 Å². The summed E-state index contributed by atoms with van der Waals surface area (Å²) >= 11 is 6.37. The molecule has 0 saturated heterocycles. The molecule has 3 rings (SSSR count). The summed E-state index contributed by atoms with van der Waals surface area (Å²) in [5, 5.41) is -0.0466. The van der Waals surface area contributed by atoms with E-state index in [0.29, 0.717) is 11.8 Å². The highest BCUT2D eigenvalue weighted by molar-refractivity contribution is 8.04. The highest BCUT2D eigenvalue weighted by Crippen LogP contribution is 2.47. The Hall–Kier alpha value is -1.52. The number of benzene rings is 1. The molecule has 0 aliphatic carbocycles. The third-order valence-electron chi connectivity index (χ3n) is 3.33. The summed E-state index contributed by atoms with van der Waals surface area (Å²) in [5.41, 5.74) is -1.08. The number of hydrogen-bond donors (Lipinski definition) is 0. The smallest absolute Gasteiger partial charge is 0.423 e. The van der Waals surface area contributed by atoms with Crippen molar-refractivity contribution < 1.29 is 26.3 Å². The zero-order valence-corrected chi connectivity index (χ0v) is 14.4. The fourth-order valence-corrected chi connectivity index (χ4v) is 5.40. The Bertz CT molecular complexity index is 839. The number of hydrogen-bond acceptors (Lipinski definition) is 5. The molecule has 0 radical (unpaired) electrons. The fraction of sp³-hybridized carbons (Fsp3) is 0.231. The first-order chi connectivity index (χ1) is 11.1. The predicted octanol–water partition coefficient (Wildman–Crippen LogP) is 3.56. The van der Waals surface area contributed by atoms with E-state index in [4.69, 9.17) is 16.3 Å². The van der Waals surface area contributed by atoms with Gasteiger partial charge < -0.3 is 9.64 Å². The summed E-state index contributed by atoms with van der Waals surface area (Å²) in [6.07, 6.45) is -1.20. The molecule has 0 spiro atoms. The molecule has 0 aromatic heterocycles. The molecule has 11 heteroatoms. The summed E-state index contributed by atoms with van der Waals surface area (Å²) in [5.74, 6) is 0.270. The number of allylic oxidation sites excluding steroid dienone is 1. The van der Waals surface area contributed by atoms with Gasteiger partial charge in [0.25, 0.3) is 10.0 Å². The molecule has 1 unspecified atom stereocenters. The molecule has 0 bridgehead atoms. The van der Waals surface area contributed by atoms with E-state index in [-0.39, 0.29) is 15.7 Å². The van der Waals surface area contributed by atoms with Gasteiger partial charge in [-0.05, 0) is 12.1 Å². The predicted molar refractivity (Wildman–Crippen MR) is 83.5 cm³/mol. The van der Waals surface area contributed by atoms with Gasteiger partial charge in [-0.15, -0.1) is 0 Å². The van der Waals surface area contributed by atoms with E-state index < -0.39 is 26.6 Å². The number of sulfonamides is 1. The molecule has 0 N–H and O–H groups in total. The highest BCUT2D eigenvalue weighted by Gasteiger charge is 2.47. The highest BCUT2D eigenvalue weighted by atomic mass is 35.5. The van der Waals surface area contributed by atoms with Crippen LogP contribution >= 0.6 is 23.4 Å². The maximum absolute atomic E-state index is 12.8. The Labute approximate surface area is 145 Å². The van der Waals surface area contributed by atoms with Crippen molar-refractivity contribution in [2.24, 2.45) is 0 Å². The standard InChI is InChI=1S/C13H10ClF3N2O3S2/c1-22-8-2-3-9(14)10(6-8)24(20,21)19-5-4-18-7-11(13(15,16)17)23-12(18)19/h2-7,12H,1H3. The first-order valence-corrected chi connectivity index (χ1v) is 9.13. The van der Waals surface area contributed by atoms with Crippen molar-refractivity contribution in [1.82, 2.24) is 9.21 Å². The number of alkyl halides is 3. The van der Waals surface area contributed by atoms with Gasteiger partial charge in [-0.2, -0.15) is 13.2 Å². The SMILES string of the molecule is COc1ccc(Cl)c(S(=O)(=O)N2C=CN3C=C(C(F)(F)F)SC32)c1. The van der Waals surface area contributed by atoms with Crippen LogP contribution in [0.5, 0.6) is 5.75 Å². The van der Waals surface area contributed by atoms with Crippen molar-refractivity contribution in [2.75, 3.05) is 7.11 Å². The lowest BCUT2D eigenvalue weighted by Gasteiger charge is -2.25. The van der Waals surface area contributed by atoms with Crippen molar-refractivity contribution in [2.45, 2.75) is 16.6 Å². The summed E-state index contributed by atoms with van der Waals surface area (Å²) in [6.45, 7) is 0. The Kier molecular flexibility index (Phi) is 4.17. The molecule has 130 valence electrons. The van der Waals surface area contributed by atoms with E-state index in [2.05, 4.69) is 0 Å². The zero-order valence-electron chi connectivity index (χ0n) is 12.0. The average molecular weight is 399 g/mol. The maximum Gasteiger partial charge on any atom is 0.423 e. The van der Waals surface area contributed by atoms with Gasteiger partial charge in [0.05, 0.1) is 12.1 Å². The summed E-state index contributed by atoms with van der Waals surface area (Å²) in [7, 11) is -2.79. The van der Waals surface area contributed by atoms with E-state index in [1.165, 1.54) is 42.6 Å². The van der Waals surface area contributed by atoms with Gasteiger partial charge in [-0.1, -0.05) is 23.4 Å². The molecule has 1 aromatic rings. The van der Waals surface area contributed by atoms with Gasteiger partial charge in [0.15, 0.2) is 5.50 Å². The first kappa shape index (κ1) is 17.3. The Morgan fingerprint density at radius 2 is 2.00 bits per heavy atom. The Morgan fingerprint density at radius 1 is 1.29 bits per heavy atom. The van der Waals surface area contributed by atoms with Crippen LogP contribution in [0.1, 0.15) is 0 Å². The van der Waals surface area contributed by atoms with Crippen LogP contribution in [0.4, 0.5) is 13.2 Å². The van der Waals surface area contributed by atoms with Crippen LogP contribution in [-0.4, -0.2) is 36.4 Å². The second-order valence-corrected chi connectivity index (χ2v) is 8.13. The number of thioether (sulfide) groups is 1. The molecule has 0 saturated carbocycles. The van der Waals surface area contributed by atoms with Gasteiger partial charge in [-0.3, -0.25) is 0 Å². The summed E-state index contributed by atoms with van der Waals surface area (Å²) in [6, 6.07) is 4.07. The van der Waals surface area contributed by atoms with Crippen molar-refractivity contribution in [3.63, 3.8) is 0 Å². The van der Waals surface area contributed by atoms with Crippen LogP contribution < -0.4 is 4.74 Å². The van der Waals surface area contributed by atoms with Gasteiger partial charge in [0.2, 0.25) is 0 Å². The lowest BCUT2D eigenvalue weighted by atomic mass is 10.3. The number of rotatable bonds is 3. The molecule has 2 heterocycles. The van der Waals surface area contributed by atoms with E-state index in [9.17, 15) is 21.6 Å². The van der Waals surface area contributed by atoms with Gasteiger partial charge >= 0.3 is 6.18 Å². The zero-order chi connectivity index (χ0) is 17.7. The van der Waals surface area contributed by atoms with Crippen molar-refractivity contribution in [3.05, 3.63) is 46.7 Å². The second-order valence-electron chi connectivity index (χ2n) is 4.81. The maximum atomic E-state index is 12.8. The quantitative estimate of drug-likeness (QED) is 0.779. The normalized spacial score (nSPS) is 20.4. The molecule has 0 fully saturated rings. The van der Waals surface area contributed by atoms with Crippen LogP contribution in [0.2, 0.25) is 5.02 Å². The van der Waals surface area contributed by atoms with Gasteiger partial charge in [0, 0.05) is 24.7 Å². The van der Waals surface area contributed by atoms with Crippen LogP contribution in [0.3, 0.4) is 0 Å². The van der Waals surface area contributed by atoms with Gasteiger partial charge in [-0.25, -0.2) is 12.7 Å². The number of halogens is 4. The number of ether oxygens (including phenoxy) is 1. The number of fused-ring (bicyclic) bond motifs is 1. The van der Waals surface area contributed by atoms with Crippen molar-refractivity contribution in [1.29, 1.82) is 0 Å². The number of methoxy groups -OCH3 is 1. The van der Waals surface area contributed by atoms with E-state index in [1.807, 2.05) is 0 Å². The minimum Gasteiger partial charge on any atom is -0.497 e. The van der Waals surface area contributed by atoms with Crippen LogP contribution in [0.25, 0.3) is 0 Å². The van der Waals surface area contributed by atoms with E-state index >= 15 is 0 Å². The van der Waals surface area contributed by atoms with E-state index in [1.54, 1.807) is 0 Å². The second kappa shape index (κ2) is 5.78. The van der Waals surface area contributed by atoms with Crippen LogP contribution in [-0.2, 0) is 10.0 Å². The van der Waals surface area contributed by atoms with E-state index in [0.717, 1.165) is 10.5 Å². The summed E-state index contributed by atoms with van der Waals surface area (Å²) in [4.78, 5) is 0.0731. The van der Waals surface area contributed by atoms with Crippen molar-refractivity contribution in [3.8, 4) is 5.75 Å². The lowest BCUT2D eigenvalue weighted by Crippen LogP contribution is -2.35. The first-order valence-electron chi connectivity index (χ1n) is 6.43. The monoisotopic (exact) mass is 398 g/mol. The van der Waals surface area contributed by atoms with Crippen LogP contribution in [0.15, 0.2) is 46.6 Å². The van der Waals surface area contributed by atoms with Crippen molar-refractivity contribution >= 4 is 33.4 Å². The minimum atomic E-state index is -4.54. The Morgan fingerprint density at radius 3 is 2.62 bits per heavy atom. The Balaban J connectivity index is 1.95. The molecular weight excluding hydrogens is 389 g/mol. The largest absolute Gasteiger partial charge is 0.497 e. The third kappa shape index (κ3) is 2.82. The molecule has 1 atom stereocenters. The number of nitrogens with zero attached hydrogens (tertiary/aromatic N) is 2. The van der Waals surface area contributed by atoms with Crippen LogP contribution in [0, 0.1) is 0 Å². The topological polar surface area (TPSA) is 49.9 Å². The molecule has 2 aliphatic heterocycles. The minimum absolute atomic E-state index is 0.0466. The third-order valence-corrected chi connectivity index (χ3v) is 6.95. The molecule has 0 amide bonds. The average Bonchev–Trinajstić information content (AvgIpc) is 3.06.